The molecule has 0 spiro atoms. The molecule has 0 amide bonds. The molecule has 4 N–H and O–H groups in total. The summed E-state index contributed by atoms with van der Waals surface area (Å²) in [5, 5.41) is 22.6. The molecule has 102 valence electrons. The molecule has 1 unspecified atom stereocenters. The van der Waals surface area contributed by atoms with Gasteiger partial charge in [0.1, 0.15) is 6.10 Å². The van der Waals surface area contributed by atoms with E-state index in [4.69, 9.17) is 21.1 Å². The molecule has 0 aliphatic carbocycles. The third kappa shape index (κ3) is 2.37. The highest BCUT2D eigenvalue weighted by molar-refractivity contribution is 5.18. The molecule has 0 bridgehead atoms. The van der Waals surface area contributed by atoms with Gasteiger partial charge in [0.25, 0.3) is 5.56 Å². The quantitative estimate of drug-likeness (QED) is 0.353. The van der Waals surface area contributed by atoms with Crippen molar-refractivity contribution in [3.63, 3.8) is 0 Å². The fourth-order valence-corrected chi connectivity index (χ4v) is 1.96. The van der Waals surface area contributed by atoms with Crippen LogP contribution in [0.4, 0.5) is 5.95 Å². The smallest absolute Gasteiger partial charge is 0.274 e. The molecule has 10 heteroatoms. The van der Waals surface area contributed by atoms with E-state index >= 15 is 0 Å². The predicted molar refractivity (Wildman–Crippen MR) is 62.8 cm³/mol. The van der Waals surface area contributed by atoms with Gasteiger partial charge in [0.15, 0.2) is 6.23 Å². The molecule has 0 saturated carbocycles. The van der Waals surface area contributed by atoms with Crippen LogP contribution in [0.1, 0.15) is 6.23 Å². The van der Waals surface area contributed by atoms with Gasteiger partial charge in [-0.2, -0.15) is 4.98 Å². The Labute approximate surface area is 106 Å². The molecule has 1 aromatic rings. The Kier molecular flexibility index (Phi) is 3.67. The molecule has 2 rings (SSSR count). The second-order valence-corrected chi connectivity index (χ2v) is 3.97. The van der Waals surface area contributed by atoms with Crippen molar-refractivity contribution in [2.75, 3.05) is 12.3 Å². The van der Waals surface area contributed by atoms with Crippen molar-refractivity contribution in [3.8, 4) is 0 Å². The van der Waals surface area contributed by atoms with Gasteiger partial charge in [-0.25, -0.2) is 0 Å². The molecular weight excluding hydrogens is 256 g/mol. The Bertz CT molecular complexity index is 568. The molecule has 0 radical (unpaired) electrons. The lowest BCUT2D eigenvalue weighted by molar-refractivity contribution is -0.0501. The summed E-state index contributed by atoms with van der Waals surface area (Å²) in [5.74, 6) is -0.144. The minimum atomic E-state index is -1.21. The minimum Gasteiger partial charge on any atom is -0.394 e. The lowest BCUT2D eigenvalue weighted by Crippen LogP contribution is -2.32. The molecule has 19 heavy (non-hydrogen) atoms. The Morgan fingerprint density at radius 2 is 2.42 bits per heavy atom. The number of aliphatic hydroxyl groups is 2. The van der Waals surface area contributed by atoms with Crippen LogP contribution in [-0.2, 0) is 4.74 Å². The first-order chi connectivity index (χ1) is 9.08. The van der Waals surface area contributed by atoms with Gasteiger partial charge in [0.05, 0.1) is 18.8 Å². The summed E-state index contributed by atoms with van der Waals surface area (Å²) in [6.45, 7) is -0.426. The molecule has 1 aliphatic rings. The first-order valence-corrected chi connectivity index (χ1v) is 5.41. The van der Waals surface area contributed by atoms with Crippen molar-refractivity contribution in [1.82, 2.24) is 9.55 Å². The van der Waals surface area contributed by atoms with Crippen molar-refractivity contribution in [2.24, 2.45) is 5.11 Å². The number of azide groups is 1. The van der Waals surface area contributed by atoms with E-state index < -0.39 is 36.6 Å². The summed E-state index contributed by atoms with van der Waals surface area (Å²) < 4.78 is 6.61. The van der Waals surface area contributed by atoms with E-state index in [-0.39, 0.29) is 5.95 Å². The van der Waals surface area contributed by atoms with E-state index in [0.717, 1.165) is 6.07 Å². The summed E-state index contributed by atoms with van der Waals surface area (Å²) in [5.41, 5.74) is 13.5. The van der Waals surface area contributed by atoms with Gasteiger partial charge in [-0.1, -0.05) is 5.11 Å². The van der Waals surface area contributed by atoms with Gasteiger partial charge in [-0.15, -0.1) is 0 Å². The summed E-state index contributed by atoms with van der Waals surface area (Å²) in [4.78, 5) is 17.1. The van der Waals surface area contributed by atoms with Crippen molar-refractivity contribution in [3.05, 3.63) is 33.1 Å². The van der Waals surface area contributed by atoms with Gasteiger partial charge < -0.3 is 20.7 Å². The van der Waals surface area contributed by atoms with Gasteiger partial charge in [0.2, 0.25) is 5.95 Å². The number of hydrogen-bond donors (Lipinski definition) is 3. The van der Waals surface area contributed by atoms with Crippen LogP contribution in [0.5, 0.6) is 0 Å². The molecule has 1 aromatic heterocycles. The standard InChI is InChI=1S/C9H12N6O4/c10-9-12-5(17)1-2-15(9)8-7(18)6(13-14-11)4(3-16)19-8/h1-2,4,6-8,16,18H,3H2,(H2,10,12,17)/t4-,6?,7+,8-/m1/s1. The Balaban J connectivity index is 2.36. The molecule has 1 aliphatic heterocycles. The number of nitrogen functional groups attached to an aromatic ring is 1. The topological polar surface area (TPSA) is 159 Å². The first kappa shape index (κ1) is 13.3. The van der Waals surface area contributed by atoms with Gasteiger partial charge in [-0.3, -0.25) is 9.36 Å². The van der Waals surface area contributed by atoms with Crippen molar-refractivity contribution in [1.29, 1.82) is 0 Å². The highest BCUT2D eigenvalue weighted by Gasteiger charge is 2.44. The Morgan fingerprint density at radius 3 is 3.00 bits per heavy atom. The summed E-state index contributed by atoms with van der Waals surface area (Å²) in [6.07, 6.45) is -1.74. The van der Waals surface area contributed by atoms with Crippen molar-refractivity contribution in [2.45, 2.75) is 24.5 Å². The number of rotatable bonds is 3. The zero-order valence-electron chi connectivity index (χ0n) is 9.70. The molecule has 1 saturated heterocycles. The number of hydrogen-bond acceptors (Lipinski definition) is 7. The average Bonchev–Trinajstić information content (AvgIpc) is 2.68. The second kappa shape index (κ2) is 5.24. The summed E-state index contributed by atoms with van der Waals surface area (Å²) in [6, 6.07) is 0.209. The second-order valence-electron chi connectivity index (χ2n) is 3.97. The van der Waals surface area contributed by atoms with Crippen LogP contribution < -0.4 is 11.3 Å². The Hall–Kier alpha value is -2.13. The fraction of sp³-hybridized carbons (Fsp3) is 0.556. The van der Waals surface area contributed by atoms with Crippen LogP contribution in [0.15, 0.2) is 22.2 Å². The summed E-state index contributed by atoms with van der Waals surface area (Å²) in [7, 11) is 0. The monoisotopic (exact) mass is 268 g/mol. The van der Waals surface area contributed by atoms with Crippen LogP contribution in [0.25, 0.3) is 10.4 Å². The van der Waals surface area contributed by atoms with Crippen LogP contribution in [0.2, 0.25) is 0 Å². The third-order valence-corrected chi connectivity index (χ3v) is 2.84. The van der Waals surface area contributed by atoms with Gasteiger partial charge in [0, 0.05) is 17.2 Å². The maximum atomic E-state index is 11.0. The van der Waals surface area contributed by atoms with E-state index in [2.05, 4.69) is 15.0 Å². The molecule has 0 aromatic carbocycles. The first-order valence-electron chi connectivity index (χ1n) is 5.41. The number of aromatic nitrogens is 2. The van der Waals surface area contributed by atoms with Gasteiger partial charge in [-0.05, 0) is 5.53 Å². The minimum absolute atomic E-state index is 0.144. The van der Waals surface area contributed by atoms with Crippen molar-refractivity contribution < 1.29 is 14.9 Å². The number of nitrogens with two attached hydrogens (primary N) is 1. The molecule has 1 fully saturated rings. The maximum Gasteiger partial charge on any atom is 0.274 e. The SMILES string of the molecule is [N-]=[N+]=NC1[C@@H](CO)O[C@@H](n2ccc(=O)nc2N)[C@H]1O. The average molecular weight is 268 g/mol. The number of ether oxygens (including phenoxy) is 1. The maximum absolute atomic E-state index is 11.0. The van der Waals surface area contributed by atoms with Crippen LogP contribution >= 0.6 is 0 Å². The third-order valence-electron chi connectivity index (χ3n) is 2.84. The zero-order valence-corrected chi connectivity index (χ0v) is 9.70. The van der Waals surface area contributed by atoms with Crippen molar-refractivity contribution >= 4 is 5.95 Å². The normalized spacial score (nSPS) is 30.0. The zero-order chi connectivity index (χ0) is 14.0. The van der Waals surface area contributed by atoms with E-state index in [1.54, 1.807) is 0 Å². The van der Waals surface area contributed by atoms with Crippen LogP contribution in [0, 0.1) is 0 Å². The highest BCUT2D eigenvalue weighted by atomic mass is 16.5. The summed E-state index contributed by atoms with van der Waals surface area (Å²) >= 11 is 0. The molecule has 2 heterocycles. The molecule has 4 atom stereocenters. The lowest BCUT2D eigenvalue weighted by atomic mass is 10.1. The largest absolute Gasteiger partial charge is 0.394 e. The number of anilines is 1. The van der Waals surface area contributed by atoms with Gasteiger partial charge >= 0.3 is 0 Å². The van der Waals surface area contributed by atoms with E-state index in [1.165, 1.54) is 10.8 Å². The van der Waals surface area contributed by atoms with E-state index in [1.807, 2.05) is 0 Å². The lowest BCUT2D eigenvalue weighted by Gasteiger charge is -2.19. The molecular formula is C9H12N6O4. The van der Waals surface area contributed by atoms with Crippen LogP contribution in [-0.4, -0.2) is 44.6 Å². The molecule has 10 nitrogen and oxygen atoms in total. The van der Waals surface area contributed by atoms with Crippen LogP contribution in [0.3, 0.4) is 0 Å². The fourth-order valence-electron chi connectivity index (χ4n) is 1.96. The highest BCUT2D eigenvalue weighted by Crippen LogP contribution is 2.32. The Morgan fingerprint density at radius 1 is 1.68 bits per heavy atom. The number of aliphatic hydroxyl groups excluding tert-OH is 2. The van der Waals surface area contributed by atoms with E-state index in [0.29, 0.717) is 0 Å². The number of nitrogens with zero attached hydrogens (tertiary/aromatic N) is 5. The predicted octanol–water partition coefficient (Wildman–Crippen LogP) is -1.25. The van der Waals surface area contributed by atoms with E-state index in [9.17, 15) is 9.90 Å².